The van der Waals surface area contributed by atoms with Crippen molar-refractivity contribution in [1.82, 2.24) is 4.98 Å². The van der Waals surface area contributed by atoms with E-state index in [1.165, 1.54) is 4.98 Å². The van der Waals surface area contributed by atoms with Gasteiger partial charge in [0.25, 0.3) is 12.0 Å². The molecule has 0 aliphatic heterocycles. The number of pyridine rings is 1. The van der Waals surface area contributed by atoms with Crippen LogP contribution in [0.3, 0.4) is 0 Å². The third-order valence-electron chi connectivity index (χ3n) is 1.73. The van der Waals surface area contributed by atoms with Gasteiger partial charge >= 0.3 is 6.18 Å². The zero-order valence-electron chi connectivity index (χ0n) is 7.44. The average molecular weight is 241 g/mol. The number of alkyl halides is 5. The van der Waals surface area contributed by atoms with E-state index in [0.29, 0.717) is 6.07 Å². The number of rotatable bonds is 2. The summed E-state index contributed by atoms with van der Waals surface area (Å²) in [6.45, 7) is 0. The van der Waals surface area contributed by atoms with E-state index in [4.69, 9.17) is 0 Å². The summed E-state index contributed by atoms with van der Waals surface area (Å²) in [6, 6.07) is 0.307. The van der Waals surface area contributed by atoms with Crippen LogP contribution in [0.1, 0.15) is 28.0 Å². The fourth-order valence-corrected chi connectivity index (χ4v) is 1.10. The minimum absolute atomic E-state index is 0.288. The van der Waals surface area contributed by atoms with Gasteiger partial charge in [0.15, 0.2) is 6.29 Å². The number of halogens is 5. The van der Waals surface area contributed by atoms with Crippen LogP contribution >= 0.6 is 0 Å². The number of hydrogen-bond acceptors (Lipinski definition) is 2. The molecule has 1 heterocycles. The van der Waals surface area contributed by atoms with Crippen molar-refractivity contribution >= 4 is 6.29 Å². The Balaban J connectivity index is 3.53. The van der Waals surface area contributed by atoms with Crippen LogP contribution in [0.5, 0.6) is 0 Å². The summed E-state index contributed by atoms with van der Waals surface area (Å²) in [6.07, 6.45) is -8.51. The fourth-order valence-electron chi connectivity index (χ4n) is 1.10. The molecule has 0 unspecified atom stereocenters. The van der Waals surface area contributed by atoms with Gasteiger partial charge in [-0.05, 0) is 6.07 Å². The lowest BCUT2D eigenvalue weighted by atomic mass is 10.1. The van der Waals surface area contributed by atoms with Crippen LogP contribution < -0.4 is 5.56 Å². The summed E-state index contributed by atoms with van der Waals surface area (Å²) in [7, 11) is 0. The van der Waals surface area contributed by atoms with Gasteiger partial charge in [-0.3, -0.25) is 9.59 Å². The van der Waals surface area contributed by atoms with E-state index in [0.717, 1.165) is 0 Å². The van der Waals surface area contributed by atoms with Crippen LogP contribution in [0, 0.1) is 0 Å². The molecule has 0 saturated carbocycles. The van der Waals surface area contributed by atoms with Gasteiger partial charge in [0.1, 0.15) is 5.56 Å². The van der Waals surface area contributed by atoms with Crippen LogP contribution in [0.15, 0.2) is 10.9 Å². The van der Waals surface area contributed by atoms with Gasteiger partial charge in [0.2, 0.25) is 0 Å². The summed E-state index contributed by atoms with van der Waals surface area (Å²) < 4.78 is 61.0. The van der Waals surface area contributed by atoms with Gasteiger partial charge in [0, 0.05) is 5.56 Å². The molecule has 0 atom stereocenters. The summed E-state index contributed by atoms with van der Waals surface area (Å²) in [5.41, 5.74) is -5.66. The molecule has 1 rings (SSSR count). The maximum atomic E-state index is 12.3. The first kappa shape index (κ1) is 12.3. The van der Waals surface area contributed by atoms with E-state index in [1.807, 2.05) is 0 Å². The van der Waals surface area contributed by atoms with Gasteiger partial charge < -0.3 is 4.98 Å². The predicted molar refractivity (Wildman–Crippen MR) is 42.4 cm³/mol. The van der Waals surface area contributed by atoms with Crippen molar-refractivity contribution in [3.05, 3.63) is 33.2 Å². The van der Waals surface area contributed by atoms with Crippen LogP contribution in [-0.2, 0) is 6.18 Å². The van der Waals surface area contributed by atoms with Crippen molar-refractivity contribution in [3.8, 4) is 0 Å². The third-order valence-corrected chi connectivity index (χ3v) is 1.73. The highest BCUT2D eigenvalue weighted by atomic mass is 19.4. The Kier molecular flexibility index (Phi) is 3.11. The normalized spacial score (nSPS) is 11.9. The summed E-state index contributed by atoms with van der Waals surface area (Å²) in [4.78, 5) is 22.6. The van der Waals surface area contributed by atoms with E-state index in [-0.39, 0.29) is 6.29 Å². The van der Waals surface area contributed by atoms with Crippen molar-refractivity contribution in [2.45, 2.75) is 12.6 Å². The second-order valence-electron chi connectivity index (χ2n) is 2.80. The quantitative estimate of drug-likeness (QED) is 0.637. The number of aromatic nitrogens is 1. The van der Waals surface area contributed by atoms with Gasteiger partial charge in [-0.25, -0.2) is 8.78 Å². The van der Waals surface area contributed by atoms with E-state index >= 15 is 0 Å². The Hall–Kier alpha value is -1.73. The molecule has 16 heavy (non-hydrogen) atoms. The topological polar surface area (TPSA) is 49.9 Å². The van der Waals surface area contributed by atoms with Crippen LogP contribution in [0.25, 0.3) is 0 Å². The zero-order valence-corrected chi connectivity index (χ0v) is 7.44. The molecule has 8 heteroatoms. The van der Waals surface area contributed by atoms with Crippen LogP contribution in [0.2, 0.25) is 0 Å². The first-order chi connectivity index (χ1) is 7.27. The largest absolute Gasteiger partial charge is 0.422 e. The molecule has 88 valence electrons. The second kappa shape index (κ2) is 4.03. The number of carbonyl (C=O) groups excluding carboxylic acids is 1. The molecule has 1 N–H and O–H groups in total. The van der Waals surface area contributed by atoms with Crippen molar-refractivity contribution in [2.24, 2.45) is 0 Å². The Morgan fingerprint density at radius 3 is 2.25 bits per heavy atom. The van der Waals surface area contributed by atoms with E-state index in [9.17, 15) is 31.5 Å². The Labute approximate surface area is 84.9 Å². The standard InChI is InChI=1S/C8H4F5NO2/c9-6(10)4-1-3(2-15)5(7(16)14-4)8(11,12)13/h1-2,6H,(H,14,16). The first-order valence-electron chi connectivity index (χ1n) is 3.85. The monoisotopic (exact) mass is 241 g/mol. The Bertz CT molecular complexity index is 462. The summed E-state index contributed by atoms with van der Waals surface area (Å²) in [5.74, 6) is 0. The molecule has 0 aliphatic rings. The highest BCUT2D eigenvalue weighted by Crippen LogP contribution is 2.29. The lowest BCUT2D eigenvalue weighted by Crippen LogP contribution is -2.25. The molecule has 0 spiro atoms. The van der Waals surface area contributed by atoms with E-state index in [1.54, 1.807) is 0 Å². The molecule has 0 aliphatic carbocycles. The van der Waals surface area contributed by atoms with Crippen molar-refractivity contribution < 1.29 is 26.7 Å². The lowest BCUT2D eigenvalue weighted by Gasteiger charge is -2.09. The molecule has 1 aromatic heterocycles. The van der Waals surface area contributed by atoms with Gasteiger partial charge in [-0.2, -0.15) is 13.2 Å². The fraction of sp³-hybridized carbons (Fsp3) is 0.250. The molecule has 3 nitrogen and oxygen atoms in total. The van der Waals surface area contributed by atoms with Gasteiger partial charge in [-0.15, -0.1) is 0 Å². The number of nitrogens with one attached hydrogen (secondary N) is 1. The van der Waals surface area contributed by atoms with Crippen LogP contribution in [-0.4, -0.2) is 11.3 Å². The summed E-state index contributed by atoms with van der Waals surface area (Å²) >= 11 is 0. The molecule has 0 radical (unpaired) electrons. The summed E-state index contributed by atoms with van der Waals surface area (Å²) in [5, 5.41) is 0. The molecular formula is C8H4F5NO2. The van der Waals surface area contributed by atoms with E-state index < -0.39 is 35.0 Å². The number of carbonyl (C=O) groups is 1. The second-order valence-corrected chi connectivity index (χ2v) is 2.80. The third kappa shape index (κ3) is 2.26. The molecule has 0 amide bonds. The van der Waals surface area contributed by atoms with Crippen molar-refractivity contribution in [3.63, 3.8) is 0 Å². The Morgan fingerprint density at radius 1 is 1.31 bits per heavy atom. The number of H-pyrrole nitrogens is 1. The minimum atomic E-state index is -5.07. The van der Waals surface area contributed by atoms with E-state index in [2.05, 4.69) is 0 Å². The number of aromatic amines is 1. The van der Waals surface area contributed by atoms with Gasteiger partial charge in [-0.1, -0.05) is 0 Å². The average Bonchev–Trinajstić information content (AvgIpc) is 2.14. The maximum Gasteiger partial charge on any atom is 0.422 e. The number of aldehydes is 1. The zero-order chi connectivity index (χ0) is 12.5. The molecular weight excluding hydrogens is 237 g/mol. The highest BCUT2D eigenvalue weighted by Gasteiger charge is 2.37. The molecule has 0 bridgehead atoms. The highest BCUT2D eigenvalue weighted by molar-refractivity contribution is 5.77. The minimum Gasteiger partial charge on any atom is -0.321 e. The van der Waals surface area contributed by atoms with Crippen molar-refractivity contribution in [1.29, 1.82) is 0 Å². The molecule has 1 aromatic rings. The molecule has 0 saturated heterocycles. The lowest BCUT2D eigenvalue weighted by molar-refractivity contribution is -0.139. The smallest absolute Gasteiger partial charge is 0.321 e. The van der Waals surface area contributed by atoms with Crippen LogP contribution in [0.4, 0.5) is 22.0 Å². The van der Waals surface area contributed by atoms with Gasteiger partial charge in [0.05, 0.1) is 5.69 Å². The molecule has 0 aromatic carbocycles. The van der Waals surface area contributed by atoms with Crippen molar-refractivity contribution in [2.75, 3.05) is 0 Å². The number of hydrogen-bond donors (Lipinski definition) is 1. The SMILES string of the molecule is O=Cc1cc(C(F)F)[nH]c(=O)c1C(F)(F)F. The molecule has 0 fully saturated rings. The Morgan fingerprint density at radius 2 is 1.88 bits per heavy atom. The maximum absolute atomic E-state index is 12.3. The first-order valence-corrected chi connectivity index (χ1v) is 3.85. The predicted octanol–water partition coefficient (Wildman–Crippen LogP) is 2.14.